The summed E-state index contributed by atoms with van der Waals surface area (Å²) in [5.74, 6) is 0.488. The van der Waals surface area contributed by atoms with Crippen molar-refractivity contribution in [2.45, 2.75) is 18.0 Å². The van der Waals surface area contributed by atoms with Crippen molar-refractivity contribution >= 4 is 27.2 Å². The smallest absolute Gasteiger partial charge is 0.339 e. The lowest BCUT2D eigenvalue weighted by Crippen LogP contribution is -2.15. The van der Waals surface area contributed by atoms with E-state index < -0.39 is 26.7 Å². The summed E-state index contributed by atoms with van der Waals surface area (Å²) in [6, 6.07) is 13.6. The van der Waals surface area contributed by atoms with Crippen molar-refractivity contribution in [1.82, 2.24) is 15.0 Å². The van der Waals surface area contributed by atoms with Gasteiger partial charge in [0.05, 0.1) is 21.8 Å². The van der Waals surface area contributed by atoms with Crippen molar-refractivity contribution in [3.05, 3.63) is 90.5 Å². The second-order valence-corrected chi connectivity index (χ2v) is 8.96. The number of aromatic nitrogens is 3. The molecule has 0 aliphatic heterocycles. The summed E-state index contributed by atoms with van der Waals surface area (Å²) >= 11 is 0. The van der Waals surface area contributed by atoms with Crippen LogP contribution >= 0.6 is 0 Å². The average Bonchev–Trinajstić information content (AvgIpc) is 2.81. The fourth-order valence-corrected chi connectivity index (χ4v) is 4.26. The summed E-state index contributed by atoms with van der Waals surface area (Å²) in [5, 5.41) is 3.18. The van der Waals surface area contributed by atoms with Gasteiger partial charge in [-0.25, -0.2) is 23.4 Å². The fraction of sp³-hybridized carbons (Fsp3) is 0.0870. The Balaban J connectivity index is 1.63. The van der Waals surface area contributed by atoms with Crippen LogP contribution in [0.3, 0.4) is 0 Å². The lowest BCUT2D eigenvalue weighted by molar-refractivity contribution is -0.137. The van der Waals surface area contributed by atoms with Crippen LogP contribution in [-0.4, -0.2) is 23.4 Å². The fourth-order valence-electron chi connectivity index (χ4n) is 3.16. The molecule has 0 radical (unpaired) electrons. The average molecular weight is 485 g/mol. The second kappa shape index (κ2) is 9.10. The quantitative estimate of drug-likeness (QED) is 0.379. The zero-order chi connectivity index (χ0) is 24.3. The Morgan fingerprint density at radius 3 is 2.47 bits per heavy atom. The molecule has 0 saturated carbocycles. The molecule has 2 aromatic carbocycles. The van der Waals surface area contributed by atoms with Crippen molar-refractivity contribution < 1.29 is 21.6 Å². The van der Waals surface area contributed by atoms with Crippen LogP contribution in [0.2, 0.25) is 0 Å². The van der Waals surface area contributed by atoms with Gasteiger partial charge in [0, 0.05) is 23.6 Å². The highest BCUT2D eigenvalue weighted by molar-refractivity contribution is 7.92. The highest BCUT2D eigenvalue weighted by Crippen LogP contribution is 2.32. The van der Waals surface area contributed by atoms with Gasteiger partial charge in [0.1, 0.15) is 12.1 Å². The lowest BCUT2D eigenvalue weighted by atomic mass is 10.1. The Bertz CT molecular complexity index is 1430. The largest absolute Gasteiger partial charge is 0.416 e. The first-order valence-corrected chi connectivity index (χ1v) is 11.4. The normalized spacial score (nSPS) is 11.8. The number of sulfonamides is 1. The van der Waals surface area contributed by atoms with Gasteiger partial charge < -0.3 is 5.32 Å². The van der Waals surface area contributed by atoms with E-state index in [1.54, 1.807) is 36.7 Å². The van der Waals surface area contributed by atoms with E-state index in [0.29, 0.717) is 28.8 Å². The predicted molar refractivity (Wildman–Crippen MR) is 122 cm³/mol. The summed E-state index contributed by atoms with van der Waals surface area (Å²) in [6.45, 7) is 1.82. The molecule has 0 aliphatic rings. The summed E-state index contributed by atoms with van der Waals surface area (Å²) in [5.41, 5.74) is 1.82. The van der Waals surface area contributed by atoms with E-state index in [0.717, 1.165) is 23.8 Å². The highest BCUT2D eigenvalue weighted by atomic mass is 32.2. The molecule has 0 bridgehead atoms. The van der Waals surface area contributed by atoms with E-state index in [4.69, 9.17) is 0 Å². The van der Waals surface area contributed by atoms with Gasteiger partial charge in [0.25, 0.3) is 10.0 Å². The molecule has 0 atom stereocenters. The second-order valence-electron chi connectivity index (χ2n) is 7.28. The molecule has 0 aliphatic carbocycles. The molecule has 0 spiro atoms. The maximum atomic E-state index is 13.0. The van der Waals surface area contributed by atoms with E-state index in [1.165, 1.54) is 12.4 Å². The van der Waals surface area contributed by atoms with Crippen molar-refractivity contribution in [2.24, 2.45) is 0 Å². The van der Waals surface area contributed by atoms with Crippen molar-refractivity contribution in [1.29, 1.82) is 0 Å². The molecule has 4 rings (SSSR count). The number of aryl methyl sites for hydroxylation is 1. The van der Waals surface area contributed by atoms with Crippen LogP contribution in [0.4, 0.5) is 30.4 Å². The van der Waals surface area contributed by atoms with Gasteiger partial charge in [0.2, 0.25) is 0 Å². The van der Waals surface area contributed by atoms with Crippen molar-refractivity contribution in [2.75, 3.05) is 10.0 Å². The molecule has 34 heavy (non-hydrogen) atoms. The first-order valence-electron chi connectivity index (χ1n) is 9.93. The maximum absolute atomic E-state index is 13.0. The lowest BCUT2D eigenvalue weighted by Gasteiger charge is -2.15. The molecule has 0 amide bonds. The Kier molecular flexibility index (Phi) is 6.20. The van der Waals surface area contributed by atoms with Crippen LogP contribution < -0.4 is 10.0 Å². The molecule has 2 N–H and O–H groups in total. The number of benzene rings is 2. The van der Waals surface area contributed by atoms with Gasteiger partial charge in [0.15, 0.2) is 0 Å². The van der Waals surface area contributed by atoms with Crippen LogP contribution in [0.5, 0.6) is 0 Å². The van der Waals surface area contributed by atoms with Gasteiger partial charge in [-0.15, -0.1) is 0 Å². The number of alkyl halides is 3. The summed E-state index contributed by atoms with van der Waals surface area (Å²) < 4.78 is 66.9. The van der Waals surface area contributed by atoms with E-state index >= 15 is 0 Å². The standard InChI is InChI=1S/C23H18F3N5O2S/c1-15-7-8-17(31-34(32,33)18-5-2-4-16(12-18)23(24,25)26)13-21(15)30-22-19(6-3-10-28-22)20-9-11-27-14-29-20/h2-14,31H,1H3,(H,28,30). The highest BCUT2D eigenvalue weighted by Gasteiger charge is 2.31. The number of hydrogen-bond donors (Lipinski definition) is 2. The number of nitrogens with zero attached hydrogens (tertiary/aromatic N) is 3. The molecule has 11 heteroatoms. The van der Waals surface area contributed by atoms with Gasteiger partial charge >= 0.3 is 6.18 Å². The third-order valence-electron chi connectivity index (χ3n) is 4.88. The monoisotopic (exact) mass is 485 g/mol. The molecule has 0 fully saturated rings. The number of anilines is 3. The Hall–Kier alpha value is -3.99. The Morgan fingerprint density at radius 1 is 0.912 bits per heavy atom. The molecule has 0 unspecified atom stereocenters. The van der Waals surface area contributed by atoms with Crippen LogP contribution in [-0.2, 0) is 16.2 Å². The van der Waals surface area contributed by atoms with Crippen LogP contribution in [0.15, 0.2) is 84.3 Å². The molecular weight excluding hydrogens is 467 g/mol. The predicted octanol–water partition coefficient (Wildman–Crippen LogP) is 5.41. The number of pyridine rings is 1. The number of hydrogen-bond acceptors (Lipinski definition) is 6. The first kappa shape index (κ1) is 23.2. The van der Waals surface area contributed by atoms with Crippen LogP contribution in [0, 0.1) is 6.92 Å². The van der Waals surface area contributed by atoms with Gasteiger partial charge in [-0.1, -0.05) is 12.1 Å². The third-order valence-corrected chi connectivity index (χ3v) is 6.26. The minimum Gasteiger partial charge on any atom is -0.339 e. The number of nitrogens with one attached hydrogen (secondary N) is 2. The summed E-state index contributed by atoms with van der Waals surface area (Å²) in [7, 11) is -4.26. The van der Waals surface area contributed by atoms with E-state index in [2.05, 4.69) is 25.0 Å². The van der Waals surface area contributed by atoms with Gasteiger partial charge in [-0.2, -0.15) is 13.2 Å². The third kappa shape index (κ3) is 5.15. The SMILES string of the molecule is Cc1ccc(NS(=O)(=O)c2cccc(C(F)(F)F)c2)cc1Nc1ncccc1-c1ccncn1. The zero-order valence-electron chi connectivity index (χ0n) is 17.7. The Morgan fingerprint density at radius 2 is 1.74 bits per heavy atom. The van der Waals surface area contributed by atoms with Gasteiger partial charge in [-0.3, -0.25) is 4.72 Å². The first-order chi connectivity index (χ1) is 16.1. The number of rotatable bonds is 6. The minimum atomic E-state index is -4.66. The van der Waals surface area contributed by atoms with Crippen LogP contribution in [0.25, 0.3) is 11.3 Å². The molecule has 2 aromatic heterocycles. The summed E-state index contributed by atoms with van der Waals surface area (Å²) in [6.07, 6.45) is -0.0345. The molecule has 0 saturated heterocycles. The molecule has 7 nitrogen and oxygen atoms in total. The van der Waals surface area contributed by atoms with Crippen molar-refractivity contribution in [3.63, 3.8) is 0 Å². The minimum absolute atomic E-state index is 0.171. The van der Waals surface area contributed by atoms with E-state index in [9.17, 15) is 21.6 Å². The molecule has 4 aromatic rings. The van der Waals surface area contributed by atoms with Crippen molar-refractivity contribution in [3.8, 4) is 11.3 Å². The summed E-state index contributed by atoms with van der Waals surface area (Å²) in [4.78, 5) is 12.0. The zero-order valence-corrected chi connectivity index (χ0v) is 18.5. The van der Waals surface area contributed by atoms with E-state index in [1.807, 2.05) is 13.0 Å². The molecule has 2 heterocycles. The topological polar surface area (TPSA) is 96.9 Å². The van der Waals surface area contributed by atoms with Gasteiger partial charge in [-0.05, 0) is 61.0 Å². The Labute approximate surface area is 193 Å². The van der Waals surface area contributed by atoms with Crippen LogP contribution in [0.1, 0.15) is 11.1 Å². The van der Waals surface area contributed by atoms with E-state index in [-0.39, 0.29) is 5.69 Å². The number of halogens is 3. The molecular formula is C23H18F3N5O2S. The molecule has 174 valence electrons. The maximum Gasteiger partial charge on any atom is 0.416 e.